The van der Waals surface area contributed by atoms with E-state index in [0.717, 1.165) is 12.1 Å². The Morgan fingerprint density at radius 2 is 1.75 bits per heavy atom. The topological polar surface area (TPSA) is 147 Å². The number of nitro benzene ring substituents is 1. The van der Waals surface area contributed by atoms with Crippen LogP contribution in [0.2, 0.25) is 0 Å². The van der Waals surface area contributed by atoms with Gasteiger partial charge in [0.2, 0.25) is 0 Å². The summed E-state index contributed by atoms with van der Waals surface area (Å²) in [6.07, 6.45) is 0. The van der Waals surface area contributed by atoms with Crippen LogP contribution in [0.25, 0.3) is 10.8 Å². The van der Waals surface area contributed by atoms with Crippen LogP contribution in [0.1, 0.15) is 10.4 Å². The maximum absolute atomic E-state index is 12.4. The third-order valence-electron chi connectivity index (χ3n) is 3.82. The number of hydrogen-bond acceptors (Lipinski definition) is 6. The molecule has 0 bridgehead atoms. The van der Waals surface area contributed by atoms with Crippen LogP contribution in [0.5, 0.6) is 5.75 Å². The Morgan fingerprint density at radius 3 is 2.39 bits per heavy atom. The Bertz CT molecular complexity index is 1200. The van der Waals surface area contributed by atoms with E-state index in [-0.39, 0.29) is 63.0 Å². The van der Waals surface area contributed by atoms with E-state index in [1.54, 1.807) is 0 Å². The summed E-state index contributed by atoms with van der Waals surface area (Å²) in [5.41, 5.74) is -0.185. The molecule has 140 valence electrons. The van der Waals surface area contributed by atoms with E-state index in [4.69, 9.17) is 0 Å². The molecule has 3 aromatic rings. The van der Waals surface area contributed by atoms with Gasteiger partial charge in [-0.1, -0.05) is 18.2 Å². The van der Waals surface area contributed by atoms with Gasteiger partial charge in [-0.15, -0.1) is 0 Å². The minimum atomic E-state index is -4.56. The molecule has 0 saturated carbocycles. The molecule has 0 unspecified atom stereocenters. The number of phenols is 1. The second kappa shape index (κ2) is 8.25. The zero-order valence-electron chi connectivity index (χ0n) is 13.5. The van der Waals surface area contributed by atoms with E-state index in [1.807, 2.05) is 0 Å². The molecular weight excluding hydrogens is 399 g/mol. The summed E-state index contributed by atoms with van der Waals surface area (Å²) in [7, 11) is -4.56. The van der Waals surface area contributed by atoms with Gasteiger partial charge in [0.1, 0.15) is 10.6 Å². The van der Waals surface area contributed by atoms with E-state index in [2.05, 4.69) is 5.32 Å². The van der Waals surface area contributed by atoms with Gasteiger partial charge in [0.15, 0.2) is 0 Å². The Balaban J connectivity index is 0.00000280. The first-order valence-corrected chi connectivity index (χ1v) is 8.90. The average Bonchev–Trinajstić information content (AvgIpc) is 2.61. The minimum absolute atomic E-state index is 0. The molecule has 1 amide bonds. The number of rotatable bonds is 4. The van der Waals surface area contributed by atoms with Crippen molar-refractivity contribution >= 4 is 67.7 Å². The van der Waals surface area contributed by atoms with Crippen molar-refractivity contribution in [1.29, 1.82) is 0 Å². The van der Waals surface area contributed by atoms with E-state index in [0.29, 0.717) is 0 Å². The first-order chi connectivity index (χ1) is 12.7. The van der Waals surface area contributed by atoms with Crippen molar-refractivity contribution in [3.8, 4) is 5.75 Å². The third-order valence-corrected chi connectivity index (χ3v) is 4.74. The molecule has 0 aliphatic carbocycles. The number of non-ortho nitro benzene ring substituents is 1. The van der Waals surface area contributed by atoms with Gasteiger partial charge in [-0.25, -0.2) is 0 Å². The molecule has 9 nitrogen and oxygen atoms in total. The molecular formula is C17H13N2NaO7S. The van der Waals surface area contributed by atoms with Crippen LogP contribution in [-0.2, 0) is 10.1 Å². The molecule has 0 aromatic heterocycles. The number of carbonyl (C=O) groups excluding carboxylic acids is 1. The van der Waals surface area contributed by atoms with Gasteiger partial charge in [0, 0.05) is 28.5 Å². The van der Waals surface area contributed by atoms with Gasteiger partial charge in [0.05, 0.1) is 10.6 Å². The number of carbonyl (C=O) groups is 1. The predicted molar refractivity (Wildman–Crippen MR) is 104 cm³/mol. The molecule has 0 heterocycles. The maximum atomic E-state index is 12.4. The fourth-order valence-corrected chi connectivity index (χ4v) is 3.33. The van der Waals surface area contributed by atoms with Gasteiger partial charge >= 0.3 is 29.6 Å². The van der Waals surface area contributed by atoms with Crippen molar-refractivity contribution in [1.82, 2.24) is 0 Å². The average molecular weight is 412 g/mol. The monoisotopic (exact) mass is 412 g/mol. The quantitative estimate of drug-likeness (QED) is 0.258. The van der Waals surface area contributed by atoms with Crippen LogP contribution < -0.4 is 5.32 Å². The number of aromatic hydroxyl groups is 1. The number of hydrogen-bond donors (Lipinski definition) is 3. The Kier molecular flexibility index (Phi) is 6.42. The summed E-state index contributed by atoms with van der Waals surface area (Å²) >= 11 is 0. The van der Waals surface area contributed by atoms with Crippen LogP contribution in [0.4, 0.5) is 11.4 Å². The Labute approximate surface area is 181 Å². The summed E-state index contributed by atoms with van der Waals surface area (Å²) in [5, 5.41) is 23.5. The molecule has 0 spiro atoms. The zero-order chi connectivity index (χ0) is 19.8. The normalized spacial score (nSPS) is 10.9. The Hall–Kier alpha value is -2.50. The second-order valence-corrected chi connectivity index (χ2v) is 6.94. The summed E-state index contributed by atoms with van der Waals surface area (Å²) < 4.78 is 32.4. The van der Waals surface area contributed by atoms with Gasteiger partial charge in [0.25, 0.3) is 21.7 Å². The number of nitro groups is 1. The molecule has 3 aromatic carbocycles. The molecule has 28 heavy (non-hydrogen) atoms. The van der Waals surface area contributed by atoms with E-state index >= 15 is 0 Å². The number of anilines is 1. The van der Waals surface area contributed by atoms with Gasteiger partial charge in [-0.3, -0.25) is 19.5 Å². The van der Waals surface area contributed by atoms with Crippen molar-refractivity contribution < 1.29 is 27.8 Å². The van der Waals surface area contributed by atoms with Crippen molar-refractivity contribution in [2.45, 2.75) is 4.90 Å². The Morgan fingerprint density at radius 1 is 1.07 bits per heavy atom. The predicted octanol–water partition coefficient (Wildman–Crippen LogP) is 2.30. The molecule has 0 atom stereocenters. The standard InChI is InChI=1S/C17H12N2O7S.Na.H/c20-14-6-2-5-12-15(27(24,25)26)8-7-13(16(12)14)18-17(21)10-3-1-4-11(9-10)19(22)23;;/h1-9,20H,(H,18,21)(H,24,25,26);;. The zero-order valence-corrected chi connectivity index (χ0v) is 14.3. The SMILES string of the molecule is O=C(Nc1ccc(S(=O)(=O)O)c2cccc(O)c12)c1cccc([N+](=O)[O-])c1.[NaH]. The first kappa shape index (κ1) is 21.8. The van der Waals surface area contributed by atoms with Crippen LogP contribution in [0.3, 0.4) is 0 Å². The molecule has 3 rings (SSSR count). The fourth-order valence-electron chi connectivity index (χ4n) is 2.64. The summed E-state index contributed by atoms with van der Waals surface area (Å²) in [6.45, 7) is 0. The van der Waals surface area contributed by atoms with E-state index in [9.17, 15) is 33.0 Å². The summed E-state index contributed by atoms with van der Waals surface area (Å²) in [5.74, 6) is -1.00. The van der Waals surface area contributed by atoms with Gasteiger partial charge < -0.3 is 10.4 Å². The molecule has 0 aliphatic rings. The molecule has 0 radical (unpaired) electrons. The van der Waals surface area contributed by atoms with Crippen LogP contribution in [-0.4, -0.2) is 58.5 Å². The van der Waals surface area contributed by atoms with Crippen LogP contribution in [0, 0.1) is 10.1 Å². The van der Waals surface area contributed by atoms with Gasteiger partial charge in [-0.2, -0.15) is 8.42 Å². The third kappa shape index (κ3) is 4.32. The fraction of sp³-hybridized carbons (Fsp3) is 0. The number of fused-ring (bicyclic) bond motifs is 1. The molecule has 0 saturated heterocycles. The van der Waals surface area contributed by atoms with Crippen molar-refractivity contribution in [2.75, 3.05) is 5.32 Å². The number of amides is 1. The molecule has 11 heteroatoms. The van der Waals surface area contributed by atoms with Crippen LogP contribution >= 0.6 is 0 Å². The molecule has 0 fully saturated rings. The summed E-state index contributed by atoms with van der Waals surface area (Å²) in [4.78, 5) is 22.2. The number of nitrogens with zero attached hydrogens (tertiary/aromatic N) is 1. The number of benzene rings is 3. The molecule has 3 N–H and O–H groups in total. The first-order valence-electron chi connectivity index (χ1n) is 7.46. The van der Waals surface area contributed by atoms with E-state index in [1.165, 1.54) is 42.5 Å². The van der Waals surface area contributed by atoms with Crippen molar-refractivity contribution in [3.63, 3.8) is 0 Å². The van der Waals surface area contributed by atoms with Crippen molar-refractivity contribution in [3.05, 3.63) is 70.3 Å². The number of nitrogens with one attached hydrogen (secondary N) is 1. The van der Waals surface area contributed by atoms with Gasteiger partial charge in [-0.05, 0) is 24.3 Å². The van der Waals surface area contributed by atoms with Crippen LogP contribution in [0.15, 0.2) is 59.5 Å². The summed E-state index contributed by atoms with van der Waals surface area (Å²) in [6, 6.07) is 11.4. The van der Waals surface area contributed by atoms with Crippen molar-refractivity contribution in [2.24, 2.45) is 0 Å². The number of phenolic OH excluding ortho intramolecular Hbond substituents is 1. The molecule has 0 aliphatic heterocycles. The second-order valence-electron chi connectivity index (χ2n) is 5.55. The van der Waals surface area contributed by atoms with E-state index < -0.39 is 25.8 Å².